The van der Waals surface area contributed by atoms with Crippen LogP contribution in [0.1, 0.15) is 28.4 Å². The zero-order chi connectivity index (χ0) is 17.1. The van der Waals surface area contributed by atoms with Crippen LogP contribution in [0.15, 0.2) is 54.6 Å². The molecule has 0 bridgehead atoms. The number of carbonyl (C=O) groups is 1. The Morgan fingerprint density at radius 3 is 2.58 bits per heavy atom. The molecule has 0 saturated carbocycles. The predicted octanol–water partition coefficient (Wildman–Crippen LogP) is 5.08. The van der Waals surface area contributed by atoms with Crippen molar-refractivity contribution in [3.63, 3.8) is 0 Å². The minimum atomic E-state index is -0.132. The van der Waals surface area contributed by atoms with Crippen LogP contribution in [0, 0.1) is 11.3 Å². The molecular formula is C20H15ClN2O. The van der Waals surface area contributed by atoms with Gasteiger partial charge in [0.15, 0.2) is 5.78 Å². The first-order valence-corrected chi connectivity index (χ1v) is 8.02. The van der Waals surface area contributed by atoms with E-state index in [0.717, 1.165) is 16.5 Å². The zero-order valence-electron chi connectivity index (χ0n) is 13.2. The second kappa shape index (κ2) is 6.74. The minimum absolute atomic E-state index is 0.132. The van der Waals surface area contributed by atoms with Crippen molar-refractivity contribution in [1.82, 2.24) is 4.57 Å². The number of aryl methyl sites for hydroxylation is 1. The van der Waals surface area contributed by atoms with Gasteiger partial charge in [0.05, 0.1) is 17.2 Å². The number of rotatable bonds is 4. The molecule has 0 amide bonds. The predicted molar refractivity (Wildman–Crippen MR) is 97.1 cm³/mol. The van der Waals surface area contributed by atoms with Crippen LogP contribution in [0.4, 0.5) is 0 Å². The Bertz CT molecular complexity index is 975. The van der Waals surface area contributed by atoms with E-state index in [1.807, 2.05) is 35.8 Å². The minimum Gasteiger partial charge on any atom is -0.331 e. The lowest BCUT2D eigenvalue weighted by molar-refractivity contribution is 0.104. The lowest BCUT2D eigenvalue weighted by Crippen LogP contribution is -1.97. The average molecular weight is 335 g/mol. The lowest BCUT2D eigenvalue weighted by atomic mass is 10.1. The van der Waals surface area contributed by atoms with Gasteiger partial charge in [-0.1, -0.05) is 48.0 Å². The normalized spacial score (nSPS) is 11.0. The van der Waals surface area contributed by atoms with Crippen molar-refractivity contribution in [3.8, 4) is 6.07 Å². The zero-order valence-corrected chi connectivity index (χ0v) is 13.9. The monoisotopic (exact) mass is 334 g/mol. The summed E-state index contributed by atoms with van der Waals surface area (Å²) in [7, 11) is 0. The summed E-state index contributed by atoms with van der Waals surface area (Å²) in [4.78, 5) is 12.7. The molecule has 0 unspecified atom stereocenters. The van der Waals surface area contributed by atoms with Crippen molar-refractivity contribution in [2.45, 2.75) is 13.5 Å². The van der Waals surface area contributed by atoms with Gasteiger partial charge in [-0.2, -0.15) is 5.26 Å². The summed E-state index contributed by atoms with van der Waals surface area (Å²) in [5, 5.41) is 10.1. The quantitative estimate of drug-likeness (QED) is 0.493. The highest BCUT2D eigenvalue weighted by atomic mass is 35.5. The van der Waals surface area contributed by atoms with E-state index in [1.165, 1.54) is 6.08 Å². The standard InChI is InChI=1S/C20H15ClN2O/c1-2-23-17-6-4-3-5-16(17)19(20(23)21)18(24)12-11-14-7-9-15(13-22)10-8-14/h3-12H,2H2,1H3. The van der Waals surface area contributed by atoms with Crippen LogP contribution >= 0.6 is 11.6 Å². The van der Waals surface area contributed by atoms with Crippen molar-refractivity contribution in [1.29, 1.82) is 5.26 Å². The van der Waals surface area contributed by atoms with Gasteiger partial charge >= 0.3 is 0 Å². The molecule has 0 spiro atoms. The van der Waals surface area contributed by atoms with Gasteiger partial charge in [-0.05, 0) is 36.8 Å². The van der Waals surface area contributed by atoms with Crippen LogP contribution in [-0.4, -0.2) is 10.4 Å². The number of aromatic nitrogens is 1. The first-order valence-electron chi connectivity index (χ1n) is 7.65. The van der Waals surface area contributed by atoms with Crippen LogP contribution in [0.3, 0.4) is 0 Å². The van der Waals surface area contributed by atoms with E-state index in [0.29, 0.717) is 22.8 Å². The van der Waals surface area contributed by atoms with Gasteiger partial charge in [0.1, 0.15) is 5.15 Å². The fourth-order valence-corrected chi connectivity index (χ4v) is 3.15. The van der Waals surface area contributed by atoms with Crippen molar-refractivity contribution in [2.75, 3.05) is 0 Å². The van der Waals surface area contributed by atoms with E-state index in [9.17, 15) is 4.79 Å². The largest absolute Gasteiger partial charge is 0.331 e. The van der Waals surface area contributed by atoms with Gasteiger partial charge in [-0.3, -0.25) is 4.79 Å². The van der Waals surface area contributed by atoms with Crippen molar-refractivity contribution < 1.29 is 4.79 Å². The van der Waals surface area contributed by atoms with Crippen molar-refractivity contribution in [3.05, 3.63) is 76.5 Å². The highest BCUT2D eigenvalue weighted by Gasteiger charge is 2.18. The second-order valence-corrected chi connectivity index (χ2v) is 5.72. The molecule has 0 radical (unpaired) electrons. The molecule has 0 aliphatic carbocycles. The summed E-state index contributed by atoms with van der Waals surface area (Å²) in [5.74, 6) is -0.132. The Hall–Kier alpha value is -2.83. The number of para-hydroxylation sites is 1. The van der Waals surface area contributed by atoms with Gasteiger partial charge in [0.25, 0.3) is 0 Å². The molecule has 3 nitrogen and oxygen atoms in total. The van der Waals surface area contributed by atoms with E-state index in [-0.39, 0.29) is 5.78 Å². The Morgan fingerprint density at radius 2 is 1.92 bits per heavy atom. The number of hydrogen-bond donors (Lipinski definition) is 0. The molecular weight excluding hydrogens is 320 g/mol. The molecule has 2 aromatic carbocycles. The molecule has 4 heteroatoms. The molecule has 118 valence electrons. The second-order valence-electron chi connectivity index (χ2n) is 5.36. The highest BCUT2D eigenvalue weighted by Crippen LogP contribution is 2.30. The van der Waals surface area contributed by atoms with E-state index in [2.05, 4.69) is 6.07 Å². The average Bonchev–Trinajstić information content (AvgIpc) is 2.91. The Labute approximate surface area is 145 Å². The molecule has 0 fully saturated rings. The molecule has 1 aromatic heterocycles. The molecule has 1 heterocycles. The first kappa shape index (κ1) is 16.0. The number of fused-ring (bicyclic) bond motifs is 1. The summed E-state index contributed by atoms with van der Waals surface area (Å²) in [6, 6.07) is 16.8. The molecule has 0 aliphatic rings. The van der Waals surface area contributed by atoms with Gasteiger partial charge in [-0.15, -0.1) is 0 Å². The Morgan fingerprint density at radius 1 is 1.21 bits per heavy atom. The van der Waals surface area contributed by atoms with Crippen LogP contribution in [0.5, 0.6) is 0 Å². The third-order valence-corrected chi connectivity index (χ3v) is 4.33. The third kappa shape index (κ3) is 2.84. The van der Waals surface area contributed by atoms with E-state index in [1.54, 1.807) is 30.3 Å². The lowest BCUT2D eigenvalue weighted by Gasteiger charge is -2.01. The van der Waals surface area contributed by atoms with Crippen molar-refractivity contribution in [2.24, 2.45) is 0 Å². The summed E-state index contributed by atoms with van der Waals surface area (Å²) >= 11 is 6.44. The summed E-state index contributed by atoms with van der Waals surface area (Å²) < 4.78 is 1.93. The van der Waals surface area contributed by atoms with Crippen molar-refractivity contribution >= 4 is 34.4 Å². The van der Waals surface area contributed by atoms with Crippen LogP contribution < -0.4 is 0 Å². The molecule has 0 N–H and O–H groups in total. The summed E-state index contributed by atoms with van der Waals surface area (Å²) in [6.07, 6.45) is 3.26. The SMILES string of the molecule is CCn1c(Cl)c(C(=O)C=Cc2ccc(C#N)cc2)c2ccccc21. The van der Waals surface area contributed by atoms with E-state index in [4.69, 9.17) is 16.9 Å². The molecule has 0 atom stereocenters. The molecule has 0 saturated heterocycles. The third-order valence-electron chi connectivity index (χ3n) is 3.94. The number of nitriles is 1. The van der Waals surface area contributed by atoms with Gasteiger partial charge in [0.2, 0.25) is 0 Å². The Balaban J connectivity index is 1.98. The number of nitrogens with zero attached hydrogens (tertiary/aromatic N) is 2. The summed E-state index contributed by atoms with van der Waals surface area (Å²) in [6.45, 7) is 2.70. The Kier molecular flexibility index (Phi) is 4.50. The maximum Gasteiger partial charge on any atom is 0.189 e. The fourth-order valence-electron chi connectivity index (χ4n) is 2.74. The highest BCUT2D eigenvalue weighted by molar-refractivity contribution is 6.36. The summed E-state index contributed by atoms with van der Waals surface area (Å²) in [5.41, 5.74) is 2.93. The number of carbonyl (C=O) groups excluding carboxylic acids is 1. The molecule has 0 aliphatic heterocycles. The molecule has 3 rings (SSSR count). The van der Waals surface area contributed by atoms with Gasteiger partial charge in [0, 0.05) is 17.4 Å². The number of hydrogen-bond acceptors (Lipinski definition) is 2. The number of allylic oxidation sites excluding steroid dienone is 1. The number of halogens is 1. The topological polar surface area (TPSA) is 45.8 Å². The van der Waals surface area contributed by atoms with Crippen LogP contribution in [0.2, 0.25) is 5.15 Å². The maximum absolute atomic E-state index is 12.7. The maximum atomic E-state index is 12.7. The molecule has 3 aromatic rings. The van der Waals surface area contributed by atoms with Gasteiger partial charge in [-0.25, -0.2) is 0 Å². The van der Waals surface area contributed by atoms with E-state index >= 15 is 0 Å². The van der Waals surface area contributed by atoms with E-state index < -0.39 is 0 Å². The fraction of sp³-hybridized carbons (Fsp3) is 0.100. The number of benzene rings is 2. The van der Waals surface area contributed by atoms with Gasteiger partial charge < -0.3 is 4.57 Å². The first-order chi connectivity index (χ1) is 11.7. The number of ketones is 1. The van der Waals surface area contributed by atoms with Crippen LogP contribution in [0.25, 0.3) is 17.0 Å². The smallest absolute Gasteiger partial charge is 0.189 e. The van der Waals surface area contributed by atoms with Crippen LogP contribution in [-0.2, 0) is 6.54 Å². The molecule has 24 heavy (non-hydrogen) atoms.